The molecule has 0 aromatic rings. The van der Waals surface area contributed by atoms with Crippen LogP contribution in [-0.4, -0.2) is 40.9 Å². The van der Waals surface area contributed by atoms with Crippen LogP contribution in [0.1, 0.15) is 27.7 Å². The van der Waals surface area contributed by atoms with E-state index in [0.717, 1.165) is 0 Å². The largest absolute Gasteiger partial charge is 0.444 e. The molecule has 0 aliphatic rings. The summed E-state index contributed by atoms with van der Waals surface area (Å²) in [5, 5.41) is 9.54. The van der Waals surface area contributed by atoms with Crippen LogP contribution in [0, 0.1) is 11.8 Å². The lowest BCUT2D eigenvalue weighted by Crippen LogP contribution is -2.40. The van der Waals surface area contributed by atoms with Gasteiger partial charge in [-0.25, -0.2) is 4.79 Å². The van der Waals surface area contributed by atoms with Crippen molar-refractivity contribution >= 4 is 6.09 Å². The summed E-state index contributed by atoms with van der Waals surface area (Å²) in [5.41, 5.74) is -0.558. The molecule has 0 saturated heterocycles. The molecule has 1 amide bonds. The SMILES string of the molecule is C=CCN(C[C@@H](O)C#CC)C(=O)OC(C)(C)C. The standard InChI is InChI=1S/C13H21NO3/c1-6-8-11(15)10-14(9-7-2)12(16)17-13(3,4)5/h7,11,15H,2,9-10H2,1,3-5H3/t11-/m0/s1. The summed E-state index contributed by atoms with van der Waals surface area (Å²) >= 11 is 0. The quantitative estimate of drug-likeness (QED) is 0.601. The highest BCUT2D eigenvalue weighted by Crippen LogP contribution is 2.10. The Hall–Kier alpha value is -1.47. The number of rotatable bonds is 4. The van der Waals surface area contributed by atoms with Crippen molar-refractivity contribution in [2.24, 2.45) is 0 Å². The van der Waals surface area contributed by atoms with Gasteiger partial charge in [0.1, 0.15) is 11.7 Å². The third-order valence-electron chi connectivity index (χ3n) is 1.71. The molecule has 4 nitrogen and oxygen atoms in total. The van der Waals surface area contributed by atoms with Gasteiger partial charge in [0.2, 0.25) is 0 Å². The first-order valence-electron chi connectivity index (χ1n) is 5.49. The number of hydrogen-bond donors (Lipinski definition) is 1. The van der Waals surface area contributed by atoms with Gasteiger partial charge in [-0.1, -0.05) is 12.0 Å². The number of hydrogen-bond acceptors (Lipinski definition) is 3. The van der Waals surface area contributed by atoms with Crippen LogP contribution in [0.2, 0.25) is 0 Å². The fourth-order valence-corrected chi connectivity index (χ4v) is 1.13. The highest BCUT2D eigenvalue weighted by Gasteiger charge is 2.22. The second kappa shape index (κ2) is 6.97. The monoisotopic (exact) mass is 239 g/mol. The first-order valence-corrected chi connectivity index (χ1v) is 5.49. The van der Waals surface area contributed by atoms with Crippen LogP contribution in [-0.2, 0) is 4.74 Å². The molecule has 1 atom stereocenters. The van der Waals surface area contributed by atoms with Gasteiger partial charge in [-0.2, -0.15) is 0 Å². The molecule has 0 unspecified atom stereocenters. The Kier molecular flexibility index (Phi) is 6.37. The molecule has 0 rings (SSSR count). The normalized spacial score (nSPS) is 12.1. The minimum Gasteiger partial charge on any atom is -0.444 e. The van der Waals surface area contributed by atoms with Crippen LogP contribution < -0.4 is 0 Å². The zero-order valence-corrected chi connectivity index (χ0v) is 11.0. The number of nitrogens with zero attached hydrogens (tertiary/aromatic N) is 1. The highest BCUT2D eigenvalue weighted by atomic mass is 16.6. The van der Waals surface area contributed by atoms with Gasteiger partial charge in [-0.3, -0.25) is 0 Å². The third-order valence-corrected chi connectivity index (χ3v) is 1.71. The number of ether oxygens (including phenoxy) is 1. The van der Waals surface area contributed by atoms with E-state index >= 15 is 0 Å². The Morgan fingerprint density at radius 1 is 1.59 bits per heavy atom. The lowest BCUT2D eigenvalue weighted by atomic mass is 10.2. The molecule has 0 fully saturated rings. The van der Waals surface area contributed by atoms with E-state index in [1.165, 1.54) is 4.90 Å². The van der Waals surface area contributed by atoms with Crippen molar-refractivity contribution in [1.29, 1.82) is 0 Å². The lowest BCUT2D eigenvalue weighted by Gasteiger charge is -2.27. The summed E-state index contributed by atoms with van der Waals surface area (Å²) in [6, 6.07) is 0. The Labute approximate surface area is 103 Å². The Morgan fingerprint density at radius 2 is 2.18 bits per heavy atom. The van der Waals surface area contributed by atoms with E-state index in [2.05, 4.69) is 18.4 Å². The van der Waals surface area contributed by atoms with Gasteiger partial charge in [-0.15, -0.1) is 12.5 Å². The summed E-state index contributed by atoms with van der Waals surface area (Å²) in [6.45, 7) is 11.0. The van der Waals surface area contributed by atoms with Crippen molar-refractivity contribution in [3.8, 4) is 11.8 Å². The van der Waals surface area contributed by atoms with Gasteiger partial charge in [0.05, 0.1) is 6.54 Å². The first kappa shape index (κ1) is 15.5. The van der Waals surface area contributed by atoms with Crippen LogP contribution in [0.4, 0.5) is 4.79 Å². The topological polar surface area (TPSA) is 49.8 Å². The molecular weight excluding hydrogens is 218 g/mol. The van der Waals surface area contributed by atoms with Gasteiger partial charge in [-0.05, 0) is 27.7 Å². The van der Waals surface area contributed by atoms with E-state index in [1.807, 2.05) is 0 Å². The third kappa shape index (κ3) is 7.42. The van der Waals surface area contributed by atoms with Crippen molar-refractivity contribution in [1.82, 2.24) is 4.90 Å². The highest BCUT2D eigenvalue weighted by molar-refractivity contribution is 5.68. The molecule has 0 bridgehead atoms. The summed E-state index contributed by atoms with van der Waals surface area (Å²) in [7, 11) is 0. The predicted molar refractivity (Wildman–Crippen MR) is 67.5 cm³/mol. The zero-order chi connectivity index (χ0) is 13.5. The summed E-state index contributed by atoms with van der Waals surface area (Å²) in [4.78, 5) is 13.2. The second-order valence-corrected chi connectivity index (χ2v) is 4.58. The van der Waals surface area contributed by atoms with Gasteiger partial charge in [0.15, 0.2) is 0 Å². The number of carbonyl (C=O) groups is 1. The maximum Gasteiger partial charge on any atom is 0.410 e. The van der Waals surface area contributed by atoms with Crippen molar-refractivity contribution in [2.45, 2.75) is 39.4 Å². The molecule has 96 valence electrons. The summed E-state index contributed by atoms with van der Waals surface area (Å²) < 4.78 is 5.21. The van der Waals surface area contributed by atoms with Crippen LogP contribution in [0.25, 0.3) is 0 Å². The molecule has 0 aromatic carbocycles. The van der Waals surface area contributed by atoms with E-state index in [0.29, 0.717) is 6.54 Å². The second-order valence-electron chi connectivity index (χ2n) is 4.58. The molecular formula is C13H21NO3. The Balaban J connectivity index is 4.54. The molecule has 0 spiro atoms. The molecule has 0 radical (unpaired) electrons. The van der Waals surface area contributed by atoms with Crippen LogP contribution >= 0.6 is 0 Å². The van der Waals surface area contributed by atoms with Crippen LogP contribution in [0.3, 0.4) is 0 Å². The van der Waals surface area contributed by atoms with Gasteiger partial charge in [0.25, 0.3) is 0 Å². The molecule has 0 aromatic heterocycles. The maximum absolute atomic E-state index is 11.8. The van der Waals surface area contributed by atoms with E-state index < -0.39 is 17.8 Å². The minimum absolute atomic E-state index is 0.113. The predicted octanol–water partition coefficient (Wildman–Crippen LogP) is 1.79. The lowest BCUT2D eigenvalue weighted by molar-refractivity contribution is 0.0212. The fourth-order valence-electron chi connectivity index (χ4n) is 1.13. The number of carbonyl (C=O) groups excluding carboxylic acids is 1. The van der Waals surface area contributed by atoms with Gasteiger partial charge < -0.3 is 14.7 Å². The van der Waals surface area contributed by atoms with E-state index in [9.17, 15) is 9.90 Å². The Morgan fingerprint density at radius 3 is 2.59 bits per heavy atom. The fraction of sp³-hybridized carbons (Fsp3) is 0.615. The zero-order valence-electron chi connectivity index (χ0n) is 11.0. The minimum atomic E-state index is -0.868. The average Bonchev–Trinajstić information content (AvgIpc) is 2.14. The number of aliphatic hydroxyl groups is 1. The number of aliphatic hydroxyl groups excluding tert-OH is 1. The molecule has 0 heterocycles. The molecule has 0 aliphatic carbocycles. The van der Waals surface area contributed by atoms with E-state index in [1.54, 1.807) is 33.8 Å². The maximum atomic E-state index is 11.8. The van der Waals surface area contributed by atoms with E-state index in [4.69, 9.17) is 4.74 Å². The average molecular weight is 239 g/mol. The van der Waals surface area contributed by atoms with Crippen molar-refractivity contribution in [3.05, 3.63) is 12.7 Å². The van der Waals surface area contributed by atoms with Crippen LogP contribution in [0.15, 0.2) is 12.7 Å². The van der Waals surface area contributed by atoms with Gasteiger partial charge >= 0.3 is 6.09 Å². The number of amides is 1. The molecule has 1 N–H and O–H groups in total. The molecule has 4 heteroatoms. The molecule has 17 heavy (non-hydrogen) atoms. The summed E-state index contributed by atoms with van der Waals surface area (Å²) in [6.07, 6.45) is 0.234. The molecule has 0 saturated carbocycles. The first-order chi connectivity index (χ1) is 7.80. The van der Waals surface area contributed by atoms with Crippen LogP contribution in [0.5, 0.6) is 0 Å². The van der Waals surface area contributed by atoms with Crippen molar-refractivity contribution in [2.75, 3.05) is 13.1 Å². The summed E-state index contributed by atoms with van der Waals surface area (Å²) in [5.74, 6) is 5.17. The Bertz CT molecular complexity index is 320. The van der Waals surface area contributed by atoms with Crippen molar-refractivity contribution < 1.29 is 14.6 Å². The van der Waals surface area contributed by atoms with Crippen molar-refractivity contribution in [3.63, 3.8) is 0 Å². The smallest absolute Gasteiger partial charge is 0.410 e. The van der Waals surface area contributed by atoms with Gasteiger partial charge in [0, 0.05) is 6.54 Å². The molecule has 0 aliphatic heterocycles. The van der Waals surface area contributed by atoms with E-state index in [-0.39, 0.29) is 6.54 Å².